The second-order valence-electron chi connectivity index (χ2n) is 8.26. The Labute approximate surface area is 168 Å². The maximum Gasteiger partial charge on any atom is 0.209 e. The van der Waals surface area contributed by atoms with Crippen LogP contribution < -0.4 is 0 Å². The SMILES string of the molecule is Cc1cc(C(C)C)n[nH]1.Cc1cc(C2=CCCC2)cc(C2CCN(C=O)C2)n1. The van der Waals surface area contributed by atoms with E-state index in [1.165, 1.54) is 30.4 Å². The van der Waals surface area contributed by atoms with Gasteiger partial charge in [-0.15, -0.1) is 0 Å². The summed E-state index contributed by atoms with van der Waals surface area (Å²) in [6.07, 6.45) is 8.01. The fraction of sp³-hybridized carbons (Fsp3) is 0.522. The van der Waals surface area contributed by atoms with Gasteiger partial charge in [0.15, 0.2) is 0 Å². The van der Waals surface area contributed by atoms with Gasteiger partial charge in [0.05, 0.1) is 5.69 Å². The van der Waals surface area contributed by atoms with E-state index in [4.69, 9.17) is 0 Å². The number of hydrogen-bond donors (Lipinski definition) is 1. The van der Waals surface area contributed by atoms with Gasteiger partial charge in [0.1, 0.15) is 0 Å². The average Bonchev–Trinajstić information content (AvgIpc) is 3.43. The van der Waals surface area contributed by atoms with Crippen LogP contribution in [-0.4, -0.2) is 39.6 Å². The molecule has 0 radical (unpaired) electrons. The molecule has 1 unspecified atom stereocenters. The quantitative estimate of drug-likeness (QED) is 0.779. The molecule has 28 heavy (non-hydrogen) atoms. The summed E-state index contributed by atoms with van der Waals surface area (Å²) in [5, 5.41) is 6.99. The van der Waals surface area contributed by atoms with Crippen LogP contribution in [0, 0.1) is 13.8 Å². The van der Waals surface area contributed by atoms with Crippen molar-refractivity contribution < 1.29 is 4.79 Å². The molecule has 2 aliphatic rings. The van der Waals surface area contributed by atoms with Crippen LogP contribution in [0.3, 0.4) is 0 Å². The van der Waals surface area contributed by atoms with Gasteiger partial charge < -0.3 is 4.90 Å². The van der Waals surface area contributed by atoms with E-state index in [-0.39, 0.29) is 0 Å². The van der Waals surface area contributed by atoms with E-state index in [0.717, 1.165) is 48.7 Å². The Morgan fingerprint density at radius 1 is 1.25 bits per heavy atom. The molecule has 0 bridgehead atoms. The molecule has 1 aliphatic heterocycles. The highest BCUT2D eigenvalue weighted by Gasteiger charge is 2.24. The Hall–Kier alpha value is -2.43. The Kier molecular flexibility index (Phi) is 6.65. The largest absolute Gasteiger partial charge is 0.345 e. The predicted octanol–water partition coefficient (Wildman–Crippen LogP) is 4.74. The van der Waals surface area contributed by atoms with Crippen LogP contribution in [0.2, 0.25) is 0 Å². The first kappa shape index (κ1) is 20.3. The fourth-order valence-electron chi connectivity index (χ4n) is 3.88. The maximum absolute atomic E-state index is 10.8. The van der Waals surface area contributed by atoms with Crippen LogP contribution in [0.15, 0.2) is 24.3 Å². The highest BCUT2D eigenvalue weighted by atomic mass is 16.1. The molecule has 0 aromatic carbocycles. The molecule has 3 heterocycles. The number of pyridine rings is 1. The third-order valence-corrected chi connectivity index (χ3v) is 5.49. The van der Waals surface area contributed by atoms with Gasteiger partial charge in [-0.3, -0.25) is 14.9 Å². The van der Waals surface area contributed by atoms with Gasteiger partial charge >= 0.3 is 0 Å². The lowest BCUT2D eigenvalue weighted by Crippen LogP contribution is -2.17. The van der Waals surface area contributed by atoms with Crippen LogP contribution >= 0.6 is 0 Å². The van der Waals surface area contributed by atoms with Crippen molar-refractivity contribution in [3.8, 4) is 0 Å². The average molecular weight is 381 g/mol. The molecule has 1 atom stereocenters. The number of nitrogens with one attached hydrogen (secondary N) is 1. The van der Waals surface area contributed by atoms with Crippen molar-refractivity contribution in [2.24, 2.45) is 0 Å². The van der Waals surface area contributed by atoms with E-state index in [1.807, 2.05) is 11.8 Å². The first-order chi connectivity index (χ1) is 13.5. The molecule has 5 nitrogen and oxygen atoms in total. The lowest BCUT2D eigenvalue weighted by molar-refractivity contribution is -0.117. The van der Waals surface area contributed by atoms with E-state index >= 15 is 0 Å². The van der Waals surface area contributed by atoms with Crippen LogP contribution in [-0.2, 0) is 4.79 Å². The topological polar surface area (TPSA) is 61.9 Å². The molecule has 1 N–H and O–H groups in total. The summed E-state index contributed by atoms with van der Waals surface area (Å²) in [5.74, 6) is 0.945. The van der Waals surface area contributed by atoms with E-state index in [0.29, 0.717) is 11.8 Å². The van der Waals surface area contributed by atoms with Gasteiger partial charge in [0.2, 0.25) is 6.41 Å². The Morgan fingerprint density at radius 3 is 2.61 bits per heavy atom. The molecule has 0 saturated carbocycles. The number of nitrogens with zero attached hydrogens (tertiary/aromatic N) is 3. The molecule has 1 amide bonds. The minimum atomic E-state index is 0.408. The Balaban J connectivity index is 0.000000211. The van der Waals surface area contributed by atoms with Gasteiger partial charge in [0, 0.05) is 36.1 Å². The second-order valence-corrected chi connectivity index (χ2v) is 8.26. The first-order valence-electron chi connectivity index (χ1n) is 10.4. The number of H-pyrrole nitrogens is 1. The molecule has 150 valence electrons. The van der Waals surface area contributed by atoms with E-state index in [9.17, 15) is 4.79 Å². The lowest BCUT2D eigenvalue weighted by Gasteiger charge is -2.13. The van der Waals surface area contributed by atoms with Crippen LogP contribution in [0.4, 0.5) is 0 Å². The summed E-state index contributed by atoms with van der Waals surface area (Å²) < 4.78 is 0. The number of aryl methyl sites for hydroxylation is 2. The smallest absolute Gasteiger partial charge is 0.209 e. The minimum absolute atomic E-state index is 0.408. The summed E-state index contributed by atoms with van der Waals surface area (Å²) in [7, 11) is 0. The molecule has 1 fully saturated rings. The van der Waals surface area contributed by atoms with Crippen LogP contribution in [0.1, 0.15) is 79.7 Å². The molecule has 1 aliphatic carbocycles. The molecule has 4 rings (SSSR count). The van der Waals surface area contributed by atoms with E-state index < -0.39 is 0 Å². The molecule has 2 aromatic rings. The van der Waals surface area contributed by atoms with E-state index in [1.54, 1.807) is 0 Å². The third-order valence-electron chi connectivity index (χ3n) is 5.49. The summed E-state index contributed by atoms with van der Waals surface area (Å²) in [4.78, 5) is 17.4. The van der Waals surface area contributed by atoms with Crippen molar-refractivity contribution >= 4 is 12.0 Å². The van der Waals surface area contributed by atoms with Gasteiger partial charge in [-0.25, -0.2) is 0 Å². The summed E-state index contributed by atoms with van der Waals surface area (Å²) in [6, 6.07) is 6.50. The maximum atomic E-state index is 10.8. The van der Waals surface area contributed by atoms with Crippen LogP contribution in [0.5, 0.6) is 0 Å². The van der Waals surface area contributed by atoms with Crippen molar-refractivity contribution in [3.05, 3.63) is 52.6 Å². The number of hydrogen-bond acceptors (Lipinski definition) is 3. The Bertz CT molecular complexity index is 837. The zero-order chi connectivity index (χ0) is 20.1. The number of allylic oxidation sites excluding steroid dienone is 2. The molecule has 5 heteroatoms. The van der Waals surface area contributed by atoms with Crippen molar-refractivity contribution in [1.29, 1.82) is 0 Å². The number of likely N-dealkylation sites (tertiary alicyclic amines) is 1. The number of aromatic nitrogens is 3. The summed E-state index contributed by atoms with van der Waals surface area (Å²) >= 11 is 0. The third kappa shape index (κ3) is 5.09. The molecular weight excluding hydrogens is 348 g/mol. The van der Waals surface area contributed by atoms with Gasteiger partial charge in [-0.2, -0.15) is 5.10 Å². The van der Waals surface area contributed by atoms with Crippen molar-refractivity contribution in [2.45, 2.75) is 65.2 Å². The summed E-state index contributed by atoms with van der Waals surface area (Å²) in [5.41, 5.74) is 7.34. The monoisotopic (exact) mass is 380 g/mol. The van der Waals surface area contributed by atoms with Gasteiger partial charge in [0.25, 0.3) is 0 Å². The highest BCUT2D eigenvalue weighted by molar-refractivity contribution is 5.67. The molecular formula is C23H32N4O. The summed E-state index contributed by atoms with van der Waals surface area (Å²) in [6.45, 7) is 10.0. The molecule has 0 spiro atoms. The lowest BCUT2D eigenvalue weighted by atomic mass is 9.98. The molecule has 2 aromatic heterocycles. The number of carbonyl (C=O) groups excluding carboxylic acids is 1. The number of carbonyl (C=O) groups is 1. The normalized spacial score (nSPS) is 18.8. The predicted molar refractivity (Wildman–Crippen MR) is 113 cm³/mol. The number of aromatic amines is 1. The highest BCUT2D eigenvalue weighted by Crippen LogP contribution is 2.31. The zero-order valence-corrected chi connectivity index (χ0v) is 17.5. The van der Waals surface area contributed by atoms with E-state index in [2.05, 4.69) is 60.2 Å². The van der Waals surface area contributed by atoms with Crippen molar-refractivity contribution in [1.82, 2.24) is 20.1 Å². The standard InChI is InChI=1S/C16H20N2O.C7H12N2/c1-12-8-15(13-4-2-3-5-13)9-16(17-12)14-6-7-18(10-14)11-19;1-5(2)7-4-6(3)8-9-7/h4,8-9,11,14H,2-3,5-7,10H2,1H3;4-5H,1-3H3,(H,8,9). The zero-order valence-electron chi connectivity index (χ0n) is 17.5. The Morgan fingerprint density at radius 2 is 2.07 bits per heavy atom. The second kappa shape index (κ2) is 9.18. The van der Waals surface area contributed by atoms with Gasteiger partial charge in [-0.05, 0) is 74.8 Å². The number of rotatable bonds is 4. The number of amides is 1. The first-order valence-corrected chi connectivity index (χ1v) is 10.4. The minimum Gasteiger partial charge on any atom is -0.345 e. The van der Waals surface area contributed by atoms with Crippen molar-refractivity contribution in [3.63, 3.8) is 0 Å². The van der Waals surface area contributed by atoms with Crippen molar-refractivity contribution in [2.75, 3.05) is 13.1 Å². The molecule has 1 saturated heterocycles. The fourth-order valence-corrected chi connectivity index (χ4v) is 3.88. The van der Waals surface area contributed by atoms with Crippen LogP contribution in [0.25, 0.3) is 5.57 Å². The van der Waals surface area contributed by atoms with Gasteiger partial charge in [-0.1, -0.05) is 19.9 Å².